The molecule has 0 radical (unpaired) electrons. The molecule has 2 aromatic heterocycles. The van der Waals surface area contributed by atoms with Crippen LogP contribution < -0.4 is 5.56 Å². The summed E-state index contributed by atoms with van der Waals surface area (Å²) in [5.74, 6) is 1.20. The van der Waals surface area contributed by atoms with Crippen molar-refractivity contribution in [1.82, 2.24) is 19.7 Å². The fraction of sp³-hybridized carbons (Fsp3) is 0.273. The van der Waals surface area contributed by atoms with Crippen LogP contribution in [0.4, 0.5) is 0 Å². The van der Waals surface area contributed by atoms with Gasteiger partial charge in [0.05, 0.1) is 21.8 Å². The summed E-state index contributed by atoms with van der Waals surface area (Å²) in [6.45, 7) is 8.05. The number of benzene rings is 2. The molecule has 0 aliphatic rings. The Morgan fingerprint density at radius 1 is 1.10 bits per heavy atom. The average Bonchev–Trinajstić information content (AvgIpc) is 3.20. The van der Waals surface area contributed by atoms with E-state index in [1.54, 1.807) is 4.57 Å². The van der Waals surface area contributed by atoms with Gasteiger partial charge in [-0.2, -0.15) is 4.98 Å². The maximum atomic E-state index is 13.4. The summed E-state index contributed by atoms with van der Waals surface area (Å²) in [6, 6.07) is 13.4. The number of para-hydroxylation sites is 1. The third-order valence-electron chi connectivity index (χ3n) is 4.92. The third-order valence-corrected chi connectivity index (χ3v) is 5.96. The quantitative estimate of drug-likeness (QED) is 0.350. The van der Waals surface area contributed by atoms with Gasteiger partial charge in [0.1, 0.15) is 0 Å². The lowest BCUT2D eigenvalue weighted by Crippen LogP contribution is -2.22. The lowest BCUT2D eigenvalue weighted by Gasteiger charge is -2.16. The van der Waals surface area contributed by atoms with Gasteiger partial charge in [-0.1, -0.05) is 42.0 Å². The summed E-state index contributed by atoms with van der Waals surface area (Å²) in [5, 5.41) is 5.02. The molecular weight excluding hydrogens is 384 g/mol. The van der Waals surface area contributed by atoms with Crippen LogP contribution in [0.2, 0.25) is 0 Å². The van der Waals surface area contributed by atoms with Gasteiger partial charge in [0, 0.05) is 6.42 Å². The second kappa shape index (κ2) is 7.83. The minimum Gasteiger partial charge on any atom is -0.338 e. The highest BCUT2D eigenvalue weighted by Crippen LogP contribution is 2.34. The van der Waals surface area contributed by atoms with E-state index in [1.165, 1.54) is 17.3 Å². The zero-order chi connectivity index (χ0) is 20.5. The van der Waals surface area contributed by atoms with Crippen LogP contribution in [0.25, 0.3) is 16.6 Å². The Morgan fingerprint density at radius 3 is 2.62 bits per heavy atom. The van der Waals surface area contributed by atoms with E-state index in [4.69, 9.17) is 9.51 Å². The van der Waals surface area contributed by atoms with Crippen molar-refractivity contribution in [1.29, 1.82) is 0 Å². The first-order chi connectivity index (χ1) is 14.0. The first-order valence-corrected chi connectivity index (χ1v) is 10.4. The number of hydrogen-bond donors (Lipinski definition) is 0. The van der Waals surface area contributed by atoms with Crippen LogP contribution in [-0.2, 0) is 6.42 Å². The first kappa shape index (κ1) is 19.4. The molecule has 0 aliphatic heterocycles. The SMILES string of the molecule is CCc1noc(C(C)Sc2nc3ccccc3c(=O)n2-c2ccc(C)c(C)c2)n1. The van der Waals surface area contributed by atoms with Crippen molar-refractivity contribution in [3.8, 4) is 5.69 Å². The molecule has 0 N–H and O–H groups in total. The molecule has 0 saturated heterocycles. The van der Waals surface area contributed by atoms with Crippen molar-refractivity contribution in [3.05, 3.63) is 75.7 Å². The number of aromatic nitrogens is 4. The lowest BCUT2D eigenvalue weighted by molar-refractivity contribution is 0.375. The topological polar surface area (TPSA) is 73.8 Å². The summed E-state index contributed by atoms with van der Waals surface area (Å²) in [6.07, 6.45) is 0.711. The molecule has 0 saturated carbocycles. The highest BCUT2D eigenvalue weighted by Gasteiger charge is 2.20. The van der Waals surface area contributed by atoms with Crippen LogP contribution in [0.5, 0.6) is 0 Å². The standard InChI is InChI=1S/C22H22N4O2S/c1-5-19-24-20(28-25-19)15(4)29-22-23-18-9-7-6-8-17(18)21(27)26(22)16-11-10-13(2)14(3)12-16/h6-12,15H,5H2,1-4H3. The molecular formula is C22H22N4O2S. The molecule has 2 heterocycles. The predicted octanol–water partition coefficient (Wildman–Crippen LogP) is 4.80. The summed E-state index contributed by atoms with van der Waals surface area (Å²) in [5.41, 5.74) is 3.68. The summed E-state index contributed by atoms with van der Waals surface area (Å²) in [7, 11) is 0. The van der Waals surface area contributed by atoms with E-state index in [1.807, 2.05) is 63.2 Å². The van der Waals surface area contributed by atoms with E-state index in [0.717, 1.165) is 11.3 Å². The molecule has 1 atom stereocenters. The minimum absolute atomic E-state index is 0.0895. The van der Waals surface area contributed by atoms with E-state index < -0.39 is 0 Å². The van der Waals surface area contributed by atoms with E-state index >= 15 is 0 Å². The summed E-state index contributed by atoms with van der Waals surface area (Å²) in [4.78, 5) is 22.6. The second-order valence-electron chi connectivity index (χ2n) is 6.98. The number of rotatable bonds is 5. The van der Waals surface area contributed by atoms with Gasteiger partial charge in [0.25, 0.3) is 5.56 Å². The smallest absolute Gasteiger partial charge is 0.266 e. The molecule has 0 fully saturated rings. The highest BCUT2D eigenvalue weighted by atomic mass is 32.2. The average molecular weight is 407 g/mol. The predicted molar refractivity (Wildman–Crippen MR) is 115 cm³/mol. The van der Waals surface area contributed by atoms with Gasteiger partial charge in [0.2, 0.25) is 5.89 Å². The van der Waals surface area contributed by atoms with Crippen LogP contribution in [-0.4, -0.2) is 19.7 Å². The lowest BCUT2D eigenvalue weighted by atomic mass is 10.1. The summed E-state index contributed by atoms with van der Waals surface area (Å²) < 4.78 is 7.06. The van der Waals surface area contributed by atoms with Gasteiger partial charge >= 0.3 is 0 Å². The second-order valence-corrected chi connectivity index (χ2v) is 8.29. The Kier molecular flexibility index (Phi) is 5.24. The van der Waals surface area contributed by atoms with Crippen LogP contribution in [0, 0.1) is 13.8 Å². The number of nitrogens with zero attached hydrogens (tertiary/aromatic N) is 4. The fourth-order valence-corrected chi connectivity index (χ4v) is 4.03. The molecule has 148 valence electrons. The molecule has 7 heteroatoms. The fourth-order valence-electron chi connectivity index (χ4n) is 3.07. The van der Waals surface area contributed by atoms with E-state index in [0.29, 0.717) is 34.2 Å². The molecule has 0 amide bonds. The Balaban J connectivity index is 1.87. The number of aryl methyl sites for hydroxylation is 3. The van der Waals surface area contributed by atoms with Crippen molar-refractivity contribution >= 4 is 22.7 Å². The molecule has 2 aromatic carbocycles. The number of hydrogen-bond acceptors (Lipinski definition) is 6. The normalized spacial score (nSPS) is 12.4. The Labute approximate surface area is 173 Å². The zero-order valence-electron chi connectivity index (χ0n) is 16.8. The van der Waals surface area contributed by atoms with Crippen LogP contribution in [0.3, 0.4) is 0 Å². The van der Waals surface area contributed by atoms with Gasteiger partial charge in [0.15, 0.2) is 11.0 Å². The molecule has 0 bridgehead atoms. The molecule has 6 nitrogen and oxygen atoms in total. The molecule has 0 spiro atoms. The van der Waals surface area contributed by atoms with Gasteiger partial charge in [-0.05, 0) is 56.2 Å². The van der Waals surface area contributed by atoms with E-state index in [2.05, 4.69) is 17.1 Å². The zero-order valence-corrected chi connectivity index (χ0v) is 17.7. The molecule has 4 aromatic rings. The Bertz CT molecular complexity index is 1250. The van der Waals surface area contributed by atoms with Crippen molar-refractivity contribution < 1.29 is 4.52 Å². The molecule has 0 aliphatic carbocycles. The number of fused-ring (bicyclic) bond motifs is 1. The monoisotopic (exact) mass is 406 g/mol. The maximum Gasteiger partial charge on any atom is 0.266 e. The van der Waals surface area contributed by atoms with Crippen LogP contribution in [0.15, 0.2) is 56.9 Å². The summed E-state index contributed by atoms with van der Waals surface area (Å²) >= 11 is 1.44. The van der Waals surface area contributed by atoms with Crippen molar-refractivity contribution in [3.63, 3.8) is 0 Å². The maximum absolute atomic E-state index is 13.4. The first-order valence-electron chi connectivity index (χ1n) is 9.56. The van der Waals surface area contributed by atoms with E-state index in [-0.39, 0.29) is 10.8 Å². The number of thioether (sulfide) groups is 1. The Morgan fingerprint density at radius 2 is 1.90 bits per heavy atom. The van der Waals surface area contributed by atoms with Crippen molar-refractivity contribution in [2.45, 2.75) is 44.5 Å². The molecule has 4 rings (SSSR count). The van der Waals surface area contributed by atoms with Gasteiger partial charge in [-0.15, -0.1) is 0 Å². The van der Waals surface area contributed by atoms with E-state index in [9.17, 15) is 4.79 Å². The van der Waals surface area contributed by atoms with Crippen LogP contribution >= 0.6 is 11.8 Å². The largest absolute Gasteiger partial charge is 0.338 e. The van der Waals surface area contributed by atoms with Gasteiger partial charge in [-0.3, -0.25) is 9.36 Å². The van der Waals surface area contributed by atoms with Gasteiger partial charge in [-0.25, -0.2) is 4.98 Å². The van der Waals surface area contributed by atoms with Crippen LogP contribution in [0.1, 0.15) is 41.9 Å². The third kappa shape index (κ3) is 3.70. The highest BCUT2D eigenvalue weighted by molar-refractivity contribution is 7.99. The van der Waals surface area contributed by atoms with Crippen molar-refractivity contribution in [2.24, 2.45) is 0 Å². The minimum atomic E-state index is -0.145. The van der Waals surface area contributed by atoms with Crippen molar-refractivity contribution in [2.75, 3.05) is 0 Å². The van der Waals surface area contributed by atoms with Gasteiger partial charge < -0.3 is 4.52 Å². The molecule has 29 heavy (non-hydrogen) atoms. The molecule has 1 unspecified atom stereocenters. The Hall–Kier alpha value is -2.93.